The van der Waals surface area contributed by atoms with Crippen molar-refractivity contribution in [2.24, 2.45) is 0 Å². The molecule has 0 aliphatic carbocycles. The predicted molar refractivity (Wildman–Crippen MR) is 66.5 cm³/mol. The second-order valence-electron chi connectivity index (χ2n) is 3.88. The molecule has 0 saturated carbocycles. The van der Waals surface area contributed by atoms with Gasteiger partial charge in [0, 0.05) is 12.3 Å². The lowest BCUT2D eigenvalue weighted by Gasteiger charge is -2.16. The molecule has 1 saturated heterocycles. The van der Waals surface area contributed by atoms with E-state index in [1.54, 1.807) is 0 Å². The Morgan fingerprint density at radius 1 is 1.53 bits per heavy atom. The van der Waals surface area contributed by atoms with Crippen LogP contribution in [-0.4, -0.2) is 39.5 Å². The van der Waals surface area contributed by atoms with E-state index in [1.165, 1.54) is 6.20 Å². The van der Waals surface area contributed by atoms with Crippen molar-refractivity contribution in [2.75, 3.05) is 5.88 Å². The van der Waals surface area contributed by atoms with Crippen LogP contribution in [0.5, 0.6) is 0 Å². The summed E-state index contributed by atoms with van der Waals surface area (Å²) in [5.41, 5.74) is -1.19. The number of carbonyl (C=O) groups excluding carboxylic acids is 1. The maximum absolute atomic E-state index is 11.7. The van der Waals surface area contributed by atoms with Crippen molar-refractivity contribution < 1.29 is 14.3 Å². The molecule has 2 heterocycles. The Labute approximate surface area is 117 Å². The number of hydrogen-bond donors (Lipinski definition) is 1. The predicted octanol–water partition coefficient (Wildman–Crippen LogP) is -0.178. The van der Waals surface area contributed by atoms with Gasteiger partial charge in [-0.1, -0.05) is 0 Å². The molecule has 1 aliphatic rings. The Kier molecular flexibility index (Phi) is 4.28. The molecule has 9 heteroatoms. The number of hydrogen-bond acceptors (Lipinski definition) is 5. The third-order valence-electron chi connectivity index (χ3n) is 2.76. The van der Waals surface area contributed by atoms with Crippen LogP contribution in [0.1, 0.15) is 6.23 Å². The second-order valence-corrected chi connectivity index (χ2v) is 4.69. The monoisotopic (exact) mass is 308 g/mol. The van der Waals surface area contributed by atoms with Gasteiger partial charge >= 0.3 is 5.69 Å². The number of nitrogens with zero attached hydrogens (tertiary/aromatic N) is 1. The minimum atomic E-state index is -0.875. The lowest BCUT2D eigenvalue weighted by molar-refractivity contribution is -0.135. The first kappa shape index (κ1) is 14.1. The van der Waals surface area contributed by atoms with Crippen molar-refractivity contribution in [3.63, 3.8) is 0 Å². The van der Waals surface area contributed by atoms with Crippen LogP contribution in [0.25, 0.3) is 0 Å². The molecule has 1 aromatic rings. The van der Waals surface area contributed by atoms with E-state index >= 15 is 0 Å². The van der Waals surface area contributed by atoms with Crippen molar-refractivity contribution in [3.8, 4) is 0 Å². The first-order valence-electron chi connectivity index (χ1n) is 5.34. The molecular weight excluding hydrogens is 299 g/mol. The van der Waals surface area contributed by atoms with E-state index < -0.39 is 35.1 Å². The topological polar surface area (TPSA) is 90.4 Å². The smallest absolute Gasteiger partial charge is 0.330 e. The number of alkyl halides is 2. The number of aromatic nitrogens is 2. The minimum absolute atomic E-state index is 0.0519. The zero-order chi connectivity index (χ0) is 14.0. The van der Waals surface area contributed by atoms with Gasteiger partial charge in [-0.3, -0.25) is 19.1 Å². The fraction of sp³-hybridized carbons (Fsp3) is 0.500. The van der Waals surface area contributed by atoms with Crippen molar-refractivity contribution in [1.82, 2.24) is 9.55 Å². The normalized spacial score (nSPS) is 30.2. The largest absolute Gasteiger partial charge is 0.460 e. The van der Waals surface area contributed by atoms with E-state index in [1.807, 2.05) is 0 Å². The summed E-state index contributed by atoms with van der Waals surface area (Å²) in [6.45, 7) is 0.251. The number of H-pyrrole nitrogens is 1. The number of nitrogens with one attached hydrogen (secondary N) is 1. The molecule has 0 bridgehead atoms. The number of aromatic amines is 1. The fourth-order valence-electron chi connectivity index (χ4n) is 1.90. The van der Waals surface area contributed by atoms with Crippen LogP contribution in [0.15, 0.2) is 21.9 Å². The van der Waals surface area contributed by atoms with Gasteiger partial charge in [-0.05, 0) is 0 Å². The molecule has 0 unspecified atom stereocenters. The van der Waals surface area contributed by atoms with E-state index in [9.17, 15) is 14.4 Å². The quantitative estimate of drug-likeness (QED) is 0.615. The van der Waals surface area contributed by atoms with E-state index in [-0.39, 0.29) is 12.4 Å². The molecule has 1 N–H and O–H groups in total. The van der Waals surface area contributed by atoms with Crippen LogP contribution in [0, 0.1) is 0 Å². The maximum atomic E-state index is 11.7. The zero-order valence-electron chi connectivity index (χ0n) is 9.49. The highest BCUT2D eigenvalue weighted by molar-refractivity contribution is 6.22. The van der Waals surface area contributed by atoms with E-state index in [2.05, 4.69) is 4.98 Å². The SMILES string of the molecule is O=CO[C@H]1[C@@H](Cl)[C@H](n2ccc(=O)[nH]c2=O)O[C@@H]1CCl. The van der Waals surface area contributed by atoms with Gasteiger partial charge in [0.1, 0.15) is 17.6 Å². The Balaban J connectivity index is 2.33. The molecule has 0 aromatic carbocycles. The summed E-state index contributed by atoms with van der Waals surface area (Å²) in [6.07, 6.45) is -1.01. The Hall–Kier alpha value is -1.31. The van der Waals surface area contributed by atoms with Gasteiger partial charge in [0.15, 0.2) is 6.23 Å². The first-order valence-corrected chi connectivity index (χ1v) is 6.31. The number of carbonyl (C=O) groups is 1. The van der Waals surface area contributed by atoms with Gasteiger partial charge in [0.05, 0.1) is 5.88 Å². The average Bonchev–Trinajstić information content (AvgIpc) is 2.68. The van der Waals surface area contributed by atoms with Gasteiger partial charge in [-0.2, -0.15) is 0 Å². The average molecular weight is 309 g/mol. The maximum Gasteiger partial charge on any atom is 0.330 e. The van der Waals surface area contributed by atoms with Crippen molar-refractivity contribution >= 4 is 29.7 Å². The zero-order valence-corrected chi connectivity index (χ0v) is 11.0. The van der Waals surface area contributed by atoms with E-state index in [0.717, 1.165) is 10.6 Å². The van der Waals surface area contributed by atoms with E-state index in [4.69, 9.17) is 32.7 Å². The van der Waals surface area contributed by atoms with Crippen LogP contribution in [0.2, 0.25) is 0 Å². The summed E-state index contributed by atoms with van der Waals surface area (Å²) in [5, 5.41) is -0.794. The summed E-state index contributed by atoms with van der Waals surface area (Å²) < 4.78 is 11.4. The lowest BCUT2D eigenvalue weighted by atomic mass is 10.2. The minimum Gasteiger partial charge on any atom is -0.460 e. The van der Waals surface area contributed by atoms with Gasteiger partial charge in [-0.15, -0.1) is 23.2 Å². The Bertz CT molecular complexity index is 572. The number of halogens is 2. The summed E-state index contributed by atoms with van der Waals surface area (Å²) >= 11 is 11.8. The molecule has 7 nitrogen and oxygen atoms in total. The van der Waals surface area contributed by atoms with Crippen molar-refractivity contribution in [3.05, 3.63) is 33.1 Å². The highest BCUT2D eigenvalue weighted by atomic mass is 35.5. The van der Waals surface area contributed by atoms with Crippen LogP contribution < -0.4 is 11.2 Å². The van der Waals surface area contributed by atoms with Gasteiger partial charge in [-0.25, -0.2) is 4.79 Å². The van der Waals surface area contributed by atoms with Crippen LogP contribution in [-0.2, 0) is 14.3 Å². The number of ether oxygens (including phenoxy) is 2. The molecule has 2 rings (SSSR count). The molecule has 0 radical (unpaired) electrons. The molecule has 104 valence electrons. The van der Waals surface area contributed by atoms with Crippen molar-refractivity contribution in [1.29, 1.82) is 0 Å². The lowest BCUT2D eigenvalue weighted by Crippen LogP contribution is -2.36. The summed E-state index contributed by atoms with van der Waals surface area (Å²) in [4.78, 5) is 35.2. The van der Waals surface area contributed by atoms with Gasteiger partial charge in [0.2, 0.25) is 0 Å². The molecule has 1 fully saturated rings. The summed E-state index contributed by atoms with van der Waals surface area (Å²) in [5.74, 6) is 0.0519. The van der Waals surface area contributed by atoms with E-state index in [0.29, 0.717) is 0 Å². The standard InChI is InChI=1S/C10H10Cl2N2O5/c11-3-5-8(18-4-15)7(12)9(19-5)14-2-1-6(16)13-10(14)17/h1-2,4-5,7-9H,3H2,(H,13,16,17)/t5-,7-,8-,9-/m1/s1. The highest BCUT2D eigenvalue weighted by Gasteiger charge is 2.46. The molecule has 4 atom stereocenters. The molecule has 0 amide bonds. The summed E-state index contributed by atoms with van der Waals surface area (Å²) in [6, 6.07) is 1.16. The highest BCUT2D eigenvalue weighted by Crippen LogP contribution is 2.34. The molecule has 1 aromatic heterocycles. The number of rotatable bonds is 4. The van der Waals surface area contributed by atoms with Crippen LogP contribution in [0.4, 0.5) is 0 Å². The van der Waals surface area contributed by atoms with Gasteiger partial charge < -0.3 is 9.47 Å². The molecule has 0 spiro atoms. The van der Waals surface area contributed by atoms with Crippen LogP contribution in [0.3, 0.4) is 0 Å². The third-order valence-corrected chi connectivity index (χ3v) is 3.53. The molecule has 19 heavy (non-hydrogen) atoms. The van der Waals surface area contributed by atoms with Gasteiger partial charge in [0.25, 0.3) is 12.0 Å². The molecular formula is C10H10Cl2N2O5. The Morgan fingerprint density at radius 2 is 2.26 bits per heavy atom. The van der Waals surface area contributed by atoms with Crippen LogP contribution >= 0.6 is 23.2 Å². The Morgan fingerprint density at radius 3 is 2.84 bits per heavy atom. The van der Waals surface area contributed by atoms with Crippen molar-refractivity contribution in [2.45, 2.75) is 23.8 Å². The third kappa shape index (κ3) is 2.68. The summed E-state index contributed by atoms with van der Waals surface area (Å²) in [7, 11) is 0. The second kappa shape index (κ2) is 5.77. The molecule has 1 aliphatic heterocycles. The fourth-order valence-corrected chi connectivity index (χ4v) is 2.55. The first-order chi connectivity index (χ1) is 9.08.